The summed E-state index contributed by atoms with van der Waals surface area (Å²) in [5.41, 5.74) is 4.09. The summed E-state index contributed by atoms with van der Waals surface area (Å²) in [6.45, 7) is 11.6. The Morgan fingerprint density at radius 3 is 2.48 bits per heavy atom. The van der Waals surface area contributed by atoms with Crippen molar-refractivity contribution in [3.05, 3.63) is 83.3 Å². The topological polar surface area (TPSA) is 131 Å². The zero-order valence-corrected chi connectivity index (χ0v) is 30.2. The van der Waals surface area contributed by atoms with Crippen LogP contribution in [0.25, 0.3) is 11.3 Å². The molecule has 4 bridgehead atoms. The Morgan fingerprint density at radius 2 is 1.74 bits per heavy atom. The van der Waals surface area contributed by atoms with Crippen molar-refractivity contribution in [3.63, 3.8) is 0 Å². The molecule has 12 heteroatoms. The average Bonchev–Trinajstić information content (AvgIpc) is 3.05. The van der Waals surface area contributed by atoms with E-state index in [1.54, 1.807) is 29.3 Å². The zero-order valence-electron chi connectivity index (χ0n) is 29.4. The minimum atomic E-state index is -4.17. The molecule has 50 heavy (non-hydrogen) atoms. The Balaban J connectivity index is 1.31. The van der Waals surface area contributed by atoms with E-state index in [0.29, 0.717) is 29.8 Å². The lowest BCUT2D eigenvalue weighted by Gasteiger charge is -2.49. The van der Waals surface area contributed by atoms with Gasteiger partial charge in [-0.2, -0.15) is 4.98 Å². The first-order chi connectivity index (χ1) is 23.8. The van der Waals surface area contributed by atoms with Gasteiger partial charge in [0.1, 0.15) is 12.4 Å². The first kappa shape index (κ1) is 33.9. The van der Waals surface area contributed by atoms with Gasteiger partial charge in [-0.05, 0) is 86.6 Å². The fourth-order valence-electron chi connectivity index (χ4n) is 7.60. The summed E-state index contributed by atoms with van der Waals surface area (Å²) in [6.07, 6.45) is 8.95. The molecule has 2 unspecified atom stereocenters. The fourth-order valence-corrected chi connectivity index (χ4v) is 8.59. The third kappa shape index (κ3) is 7.03. The first-order valence-electron chi connectivity index (χ1n) is 17.4. The number of aryl methyl sites for hydroxylation is 2. The first-order valence-corrected chi connectivity index (χ1v) is 18.9. The van der Waals surface area contributed by atoms with Crippen molar-refractivity contribution >= 4 is 27.7 Å². The van der Waals surface area contributed by atoms with E-state index in [9.17, 15) is 13.2 Å². The molecule has 7 rings (SSSR count). The molecule has 262 valence electrons. The Labute approximate surface area is 294 Å². The molecule has 2 fully saturated rings. The second-order valence-electron chi connectivity index (χ2n) is 15.1. The monoisotopic (exact) mass is 695 g/mol. The number of carbonyl (C=O) groups is 1. The Morgan fingerprint density at radius 1 is 0.960 bits per heavy atom. The molecule has 2 aliphatic heterocycles. The van der Waals surface area contributed by atoms with Gasteiger partial charge in [0.15, 0.2) is 0 Å². The normalized spacial score (nSPS) is 21.8. The van der Waals surface area contributed by atoms with Gasteiger partial charge in [-0.3, -0.25) is 9.78 Å². The quantitative estimate of drug-likeness (QED) is 0.246. The molecule has 2 aromatic heterocycles. The number of carbonyl (C=O) groups excluding carboxylic acids is 1. The lowest BCUT2D eigenvalue weighted by atomic mass is 9.73. The smallest absolute Gasteiger partial charge is 0.264 e. The van der Waals surface area contributed by atoms with Gasteiger partial charge in [0.25, 0.3) is 15.9 Å². The van der Waals surface area contributed by atoms with Crippen molar-refractivity contribution in [1.82, 2.24) is 24.8 Å². The predicted molar refractivity (Wildman–Crippen MR) is 193 cm³/mol. The van der Waals surface area contributed by atoms with Crippen LogP contribution < -0.4 is 14.4 Å². The average molecular weight is 696 g/mol. The van der Waals surface area contributed by atoms with Gasteiger partial charge in [0.05, 0.1) is 41.3 Å². The van der Waals surface area contributed by atoms with E-state index in [-0.39, 0.29) is 46.8 Å². The maximum Gasteiger partial charge on any atom is 0.264 e. The van der Waals surface area contributed by atoms with Crippen LogP contribution in [0.3, 0.4) is 0 Å². The number of nitrogens with one attached hydrogen (secondary N) is 1. The van der Waals surface area contributed by atoms with Crippen molar-refractivity contribution in [2.24, 2.45) is 11.3 Å². The van der Waals surface area contributed by atoms with Crippen molar-refractivity contribution < 1.29 is 17.9 Å². The lowest BCUT2D eigenvalue weighted by Crippen LogP contribution is -2.51. The van der Waals surface area contributed by atoms with E-state index in [0.717, 1.165) is 41.9 Å². The number of nitrogens with zero attached hydrogens (tertiary/aromatic N) is 6. The number of ether oxygens (including phenoxy) is 1. The van der Waals surface area contributed by atoms with Crippen molar-refractivity contribution in [3.8, 4) is 17.1 Å². The van der Waals surface area contributed by atoms with Crippen LogP contribution >= 0.6 is 0 Å². The minimum Gasteiger partial charge on any atom is -0.475 e. The molecular weight excluding hydrogens is 651 g/mol. The second kappa shape index (κ2) is 13.3. The number of benzene rings is 2. The summed E-state index contributed by atoms with van der Waals surface area (Å²) in [7, 11) is -4.17. The zero-order chi connectivity index (χ0) is 35.2. The summed E-state index contributed by atoms with van der Waals surface area (Å²) in [5, 5.41) is 0. The molecule has 1 saturated carbocycles. The largest absolute Gasteiger partial charge is 0.475 e. The van der Waals surface area contributed by atoms with E-state index in [2.05, 4.69) is 45.3 Å². The number of sulfonamides is 1. The van der Waals surface area contributed by atoms with Gasteiger partial charge in [-0.1, -0.05) is 45.0 Å². The van der Waals surface area contributed by atoms with Crippen LogP contribution in [0.15, 0.2) is 65.8 Å². The third-order valence-electron chi connectivity index (χ3n) is 10.1. The van der Waals surface area contributed by atoms with E-state index >= 15 is 0 Å². The standard InChI is InChI=1S/C38H45N7O4S/c1-24-9-6-10-25(2)35(24)31-18-34-42-37(41-31)43-50(47,48)30-13-7-11-27(17-30)36(46)45(29(23-49-34)19-38(3,4)5)22-28-20-39-21-33(40-28)44-16-8-12-26-14-15-32(26)44/h6-7,9-11,13,17-18,20-21,26,29,32H,8,12,14-16,19,22-23H2,1-5H3,(H,41,42,43)/t26?,29-,32?/m1/s1. The molecule has 4 heterocycles. The van der Waals surface area contributed by atoms with Gasteiger partial charge in [-0.15, -0.1) is 0 Å². The van der Waals surface area contributed by atoms with E-state index < -0.39 is 16.1 Å². The van der Waals surface area contributed by atoms with Crippen molar-refractivity contribution in [1.29, 1.82) is 0 Å². The number of aromatic nitrogens is 4. The summed E-state index contributed by atoms with van der Waals surface area (Å²) in [5.74, 6) is 1.31. The summed E-state index contributed by atoms with van der Waals surface area (Å²) in [4.78, 5) is 37.4. The summed E-state index contributed by atoms with van der Waals surface area (Å²) in [6, 6.07) is 13.8. The molecule has 0 radical (unpaired) electrons. The van der Waals surface area contributed by atoms with Crippen LogP contribution in [0.2, 0.25) is 0 Å². The lowest BCUT2D eigenvalue weighted by molar-refractivity contribution is 0.0509. The highest BCUT2D eigenvalue weighted by atomic mass is 32.2. The molecular formula is C38H45N7O4S. The van der Waals surface area contributed by atoms with Gasteiger partial charge in [0, 0.05) is 29.8 Å². The number of fused-ring (bicyclic) bond motifs is 5. The minimum absolute atomic E-state index is 0.0691. The molecule has 4 aromatic rings. The van der Waals surface area contributed by atoms with E-state index in [1.807, 2.05) is 38.2 Å². The van der Waals surface area contributed by atoms with Gasteiger partial charge < -0.3 is 14.5 Å². The molecule has 3 atom stereocenters. The highest BCUT2D eigenvalue weighted by Gasteiger charge is 2.39. The Kier molecular flexibility index (Phi) is 9.00. The maximum absolute atomic E-state index is 14.6. The number of piperidine rings is 1. The van der Waals surface area contributed by atoms with Gasteiger partial charge >= 0.3 is 0 Å². The molecule has 1 saturated heterocycles. The number of anilines is 2. The third-order valence-corrected chi connectivity index (χ3v) is 11.4. The summed E-state index contributed by atoms with van der Waals surface area (Å²) >= 11 is 0. The van der Waals surface area contributed by atoms with E-state index in [4.69, 9.17) is 9.72 Å². The number of amides is 1. The highest BCUT2D eigenvalue weighted by molar-refractivity contribution is 7.92. The van der Waals surface area contributed by atoms with Gasteiger partial charge in [-0.25, -0.2) is 23.1 Å². The Hall–Kier alpha value is -4.58. The van der Waals surface area contributed by atoms with Gasteiger partial charge in [0.2, 0.25) is 11.8 Å². The van der Waals surface area contributed by atoms with Crippen LogP contribution in [0, 0.1) is 25.2 Å². The summed E-state index contributed by atoms with van der Waals surface area (Å²) < 4.78 is 36.5. The van der Waals surface area contributed by atoms with Crippen LogP contribution in [0.5, 0.6) is 5.88 Å². The second-order valence-corrected chi connectivity index (χ2v) is 16.8. The molecule has 0 spiro atoms. The molecule has 11 nitrogen and oxygen atoms in total. The van der Waals surface area contributed by atoms with Crippen LogP contribution in [-0.2, 0) is 16.6 Å². The molecule has 3 aliphatic rings. The van der Waals surface area contributed by atoms with Crippen LogP contribution in [-0.4, -0.2) is 64.4 Å². The molecule has 1 N–H and O–H groups in total. The molecule has 1 aliphatic carbocycles. The maximum atomic E-state index is 14.6. The number of hydrogen-bond donors (Lipinski definition) is 1. The SMILES string of the molecule is Cc1cccc(C)c1-c1cc2nc(n1)NS(=O)(=O)c1cccc(c1)C(=O)N(Cc1cncc(N3CCCC4CCC43)n1)[C@H](CC(C)(C)C)CO2. The number of rotatable bonds is 5. The van der Waals surface area contributed by atoms with Crippen LogP contribution in [0.1, 0.15) is 80.1 Å². The molecule has 2 aromatic carbocycles. The number of hydrogen-bond acceptors (Lipinski definition) is 9. The van der Waals surface area contributed by atoms with Crippen LogP contribution in [0.4, 0.5) is 11.8 Å². The fraction of sp³-hybridized carbons (Fsp3) is 0.447. The van der Waals surface area contributed by atoms with Crippen molar-refractivity contribution in [2.75, 3.05) is 22.8 Å². The molecule has 1 amide bonds. The Bertz CT molecular complexity index is 2010. The van der Waals surface area contributed by atoms with E-state index in [1.165, 1.54) is 25.0 Å². The van der Waals surface area contributed by atoms with Crippen molar-refractivity contribution in [2.45, 2.75) is 90.2 Å². The predicted octanol–water partition coefficient (Wildman–Crippen LogP) is 6.57. The highest BCUT2D eigenvalue weighted by Crippen LogP contribution is 2.41.